The van der Waals surface area contributed by atoms with Crippen LogP contribution in [0.3, 0.4) is 0 Å². The Morgan fingerprint density at radius 3 is 2.80 bits per heavy atom. The number of aromatic nitrogens is 2. The summed E-state index contributed by atoms with van der Waals surface area (Å²) in [6.45, 7) is 1.18. The number of rotatable bonds is 7. The zero-order chi connectivity index (χ0) is 17.5. The number of pyridine rings is 2. The van der Waals surface area contributed by atoms with Gasteiger partial charge in [-0.2, -0.15) is 0 Å². The van der Waals surface area contributed by atoms with Gasteiger partial charge in [0.05, 0.1) is 12.8 Å². The van der Waals surface area contributed by atoms with E-state index in [1.807, 2.05) is 30.3 Å². The Balaban J connectivity index is 1.58. The Bertz CT molecular complexity index is 803. The van der Waals surface area contributed by atoms with E-state index >= 15 is 0 Å². The molecule has 0 spiro atoms. The maximum absolute atomic E-state index is 12.6. The molecule has 128 valence electrons. The van der Waals surface area contributed by atoms with Gasteiger partial charge in [-0.1, -0.05) is 0 Å². The number of likely N-dealkylation sites (N-methyl/N-ethyl adjacent to an activating group) is 1. The Hall–Kier alpha value is -3.15. The molecule has 25 heavy (non-hydrogen) atoms. The molecule has 1 amide bonds. The molecule has 0 aliphatic carbocycles. The lowest BCUT2D eigenvalue weighted by Gasteiger charge is -2.17. The molecule has 0 aliphatic rings. The molecular weight excluding hydrogens is 316 g/mol. The van der Waals surface area contributed by atoms with Crippen molar-refractivity contribution >= 4 is 11.6 Å². The van der Waals surface area contributed by atoms with E-state index in [4.69, 9.17) is 4.42 Å². The van der Waals surface area contributed by atoms with Crippen LogP contribution in [0.15, 0.2) is 65.7 Å². The number of nitrogens with one attached hydrogen (secondary N) is 1. The molecule has 0 atom stereocenters. The molecule has 3 aromatic rings. The number of carbonyl (C=O) groups is 1. The van der Waals surface area contributed by atoms with Crippen molar-refractivity contribution in [3.8, 4) is 0 Å². The first-order valence-electron chi connectivity index (χ1n) is 8.09. The maximum Gasteiger partial charge on any atom is 0.272 e. The molecule has 0 bridgehead atoms. The van der Waals surface area contributed by atoms with Gasteiger partial charge in [0.15, 0.2) is 0 Å². The predicted molar refractivity (Wildman–Crippen MR) is 95.2 cm³/mol. The Kier molecular flexibility index (Phi) is 5.41. The van der Waals surface area contributed by atoms with E-state index in [2.05, 4.69) is 15.3 Å². The number of amides is 1. The van der Waals surface area contributed by atoms with Crippen LogP contribution in [0.1, 0.15) is 21.8 Å². The first kappa shape index (κ1) is 16.7. The fourth-order valence-electron chi connectivity index (χ4n) is 2.40. The highest BCUT2D eigenvalue weighted by Crippen LogP contribution is 2.12. The fourth-order valence-corrected chi connectivity index (χ4v) is 2.40. The van der Waals surface area contributed by atoms with Crippen molar-refractivity contribution < 1.29 is 9.21 Å². The van der Waals surface area contributed by atoms with E-state index < -0.39 is 0 Å². The number of hydrogen-bond acceptors (Lipinski definition) is 5. The van der Waals surface area contributed by atoms with Gasteiger partial charge in [-0.3, -0.25) is 14.8 Å². The summed E-state index contributed by atoms with van der Waals surface area (Å²) in [6.07, 6.45) is 7.56. The fraction of sp³-hybridized carbons (Fsp3) is 0.211. The molecule has 6 nitrogen and oxygen atoms in total. The normalized spacial score (nSPS) is 10.4. The first-order valence-corrected chi connectivity index (χ1v) is 8.09. The number of furan rings is 1. The van der Waals surface area contributed by atoms with Crippen LogP contribution in [0.25, 0.3) is 0 Å². The quantitative estimate of drug-likeness (QED) is 0.718. The summed E-state index contributed by atoms with van der Waals surface area (Å²) >= 11 is 0. The number of carbonyl (C=O) groups excluding carboxylic acids is 1. The SMILES string of the molecule is CN(CCc1ccncc1)C(=O)c1cc(NCc2ccco2)ccn1. The van der Waals surface area contributed by atoms with Crippen LogP contribution in [0, 0.1) is 0 Å². The van der Waals surface area contributed by atoms with Crippen LogP contribution >= 0.6 is 0 Å². The summed E-state index contributed by atoms with van der Waals surface area (Å²) in [7, 11) is 1.79. The molecule has 3 rings (SSSR count). The third kappa shape index (κ3) is 4.67. The van der Waals surface area contributed by atoms with Gasteiger partial charge in [0, 0.05) is 37.9 Å². The minimum atomic E-state index is -0.101. The third-order valence-corrected chi connectivity index (χ3v) is 3.86. The average molecular weight is 336 g/mol. The van der Waals surface area contributed by atoms with Gasteiger partial charge >= 0.3 is 0 Å². The topological polar surface area (TPSA) is 71.3 Å². The van der Waals surface area contributed by atoms with Crippen molar-refractivity contribution in [3.63, 3.8) is 0 Å². The summed E-state index contributed by atoms with van der Waals surface area (Å²) in [5, 5.41) is 3.23. The number of nitrogens with zero attached hydrogens (tertiary/aromatic N) is 3. The van der Waals surface area contributed by atoms with Crippen LogP contribution in [0.4, 0.5) is 5.69 Å². The maximum atomic E-state index is 12.6. The van der Waals surface area contributed by atoms with E-state index in [0.717, 1.165) is 23.4 Å². The molecule has 6 heteroatoms. The lowest BCUT2D eigenvalue weighted by atomic mass is 10.2. The van der Waals surface area contributed by atoms with E-state index in [0.29, 0.717) is 18.8 Å². The molecule has 3 aromatic heterocycles. The first-order chi connectivity index (χ1) is 12.2. The van der Waals surface area contributed by atoms with Gasteiger partial charge in [-0.15, -0.1) is 0 Å². The molecule has 0 radical (unpaired) electrons. The van der Waals surface area contributed by atoms with Gasteiger partial charge in [-0.25, -0.2) is 0 Å². The minimum absolute atomic E-state index is 0.101. The molecule has 0 saturated heterocycles. The van der Waals surface area contributed by atoms with Gasteiger partial charge in [0.2, 0.25) is 0 Å². The average Bonchev–Trinajstić information content (AvgIpc) is 3.18. The molecule has 0 saturated carbocycles. The van der Waals surface area contributed by atoms with E-state index in [-0.39, 0.29) is 5.91 Å². The van der Waals surface area contributed by atoms with Gasteiger partial charge < -0.3 is 14.6 Å². The number of hydrogen-bond donors (Lipinski definition) is 1. The van der Waals surface area contributed by atoms with Crippen LogP contribution in [-0.2, 0) is 13.0 Å². The van der Waals surface area contributed by atoms with E-state index in [1.54, 1.807) is 42.9 Å². The third-order valence-electron chi connectivity index (χ3n) is 3.86. The highest BCUT2D eigenvalue weighted by Gasteiger charge is 2.13. The summed E-state index contributed by atoms with van der Waals surface area (Å²) in [4.78, 5) is 22.4. The van der Waals surface area contributed by atoms with Crippen LogP contribution in [-0.4, -0.2) is 34.4 Å². The zero-order valence-electron chi connectivity index (χ0n) is 14.1. The van der Waals surface area contributed by atoms with Crippen LogP contribution in [0.2, 0.25) is 0 Å². The predicted octanol–water partition coefficient (Wildman–Crippen LogP) is 3.00. The minimum Gasteiger partial charge on any atom is -0.467 e. The summed E-state index contributed by atoms with van der Waals surface area (Å²) in [5.74, 6) is 0.731. The molecular formula is C19H20N4O2. The highest BCUT2D eigenvalue weighted by atomic mass is 16.3. The second-order valence-corrected chi connectivity index (χ2v) is 5.69. The lowest BCUT2D eigenvalue weighted by molar-refractivity contribution is 0.0791. The summed E-state index contributed by atoms with van der Waals surface area (Å²) < 4.78 is 5.29. The smallest absolute Gasteiger partial charge is 0.272 e. The van der Waals surface area contributed by atoms with Crippen LogP contribution in [0.5, 0.6) is 0 Å². The van der Waals surface area contributed by atoms with Crippen molar-refractivity contribution in [2.75, 3.05) is 18.9 Å². The largest absolute Gasteiger partial charge is 0.467 e. The Labute approximate surface area is 146 Å². The van der Waals surface area contributed by atoms with Gasteiger partial charge in [-0.05, 0) is 48.4 Å². The van der Waals surface area contributed by atoms with Crippen molar-refractivity contribution in [2.45, 2.75) is 13.0 Å². The summed E-state index contributed by atoms with van der Waals surface area (Å²) in [5.41, 5.74) is 2.40. The monoisotopic (exact) mass is 336 g/mol. The van der Waals surface area contributed by atoms with E-state index in [9.17, 15) is 4.79 Å². The van der Waals surface area contributed by atoms with Gasteiger partial charge in [0.25, 0.3) is 5.91 Å². The van der Waals surface area contributed by atoms with Crippen molar-refractivity contribution in [2.24, 2.45) is 0 Å². The second kappa shape index (κ2) is 8.10. The van der Waals surface area contributed by atoms with Crippen LogP contribution < -0.4 is 5.32 Å². The lowest BCUT2D eigenvalue weighted by Crippen LogP contribution is -2.29. The van der Waals surface area contributed by atoms with Gasteiger partial charge in [0.1, 0.15) is 11.5 Å². The second-order valence-electron chi connectivity index (χ2n) is 5.69. The molecule has 3 heterocycles. The van der Waals surface area contributed by atoms with Crippen molar-refractivity contribution in [1.29, 1.82) is 0 Å². The Morgan fingerprint density at radius 2 is 2.04 bits per heavy atom. The molecule has 0 unspecified atom stereocenters. The van der Waals surface area contributed by atoms with Crippen molar-refractivity contribution in [1.82, 2.24) is 14.9 Å². The molecule has 1 N–H and O–H groups in total. The zero-order valence-corrected chi connectivity index (χ0v) is 14.1. The molecule has 0 aliphatic heterocycles. The Morgan fingerprint density at radius 1 is 1.20 bits per heavy atom. The summed E-state index contributed by atoms with van der Waals surface area (Å²) in [6, 6.07) is 11.2. The van der Waals surface area contributed by atoms with Crippen molar-refractivity contribution in [3.05, 3.63) is 78.3 Å². The number of anilines is 1. The standard InChI is InChI=1S/C19H20N4O2/c1-23(11-7-15-4-8-20-9-5-15)19(24)18-13-16(6-10-21-18)22-14-17-3-2-12-25-17/h2-6,8-10,12-13H,7,11,14H2,1H3,(H,21,22). The van der Waals surface area contributed by atoms with E-state index in [1.165, 1.54) is 0 Å². The molecule has 0 aromatic carbocycles. The highest BCUT2D eigenvalue weighted by molar-refractivity contribution is 5.92. The molecule has 0 fully saturated rings.